The van der Waals surface area contributed by atoms with Crippen LogP contribution in [-0.4, -0.2) is 43.0 Å². The van der Waals surface area contributed by atoms with Crippen LogP contribution in [0, 0.1) is 0 Å². The fraction of sp³-hybridized carbons (Fsp3) is 0.348. The molecule has 1 fully saturated rings. The van der Waals surface area contributed by atoms with Gasteiger partial charge in [-0.2, -0.15) is 0 Å². The van der Waals surface area contributed by atoms with E-state index in [9.17, 15) is 14.4 Å². The second kappa shape index (κ2) is 9.07. The van der Waals surface area contributed by atoms with E-state index in [0.29, 0.717) is 22.7 Å². The van der Waals surface area contributed by atoms with Gasteiger partial charge in [0.25, 0.3) is 11.8 Å². The number of nitrogens with zero attached hydrogens (tertiary/aromatic N) is 1. The number of carbonyl (C=O) groups excluding carboxylic acids is 3. The van der Waals surface area contributed by atoms with Gasteiger partial charge >= 0.3 is 0 Å². The van der Waals surface area contributed by atoms with E-state index >= 15 is 0 Å². The maximum absolute atomic E-state index is 12.8. The lowest BCUT2D eigenvalue weighted by Crippen LogP contribution is -2.49. The number of primary amides is 1. The van der Waals surface area contributed by atoms with Crippen LogP contribution in [0.2, 0.25) is 0 Å². The van der Waals surface area contributed by atoms with Crippen molar-refractivity contribution in [3.8, 4) is 5.75 Å². The number of fused-ring (bicyclic) bond motifs is 1. The Kier molecular flexibility index (Phi) is 6.06. The number of para-hydroxylation sites is 3. The number of hydrogen-bond donors (Lipinski definition) is 3. The maximum Gasteiger partial charge on any atom is 0.260 e. The molecule has 8 heteroatoms. The van der Waals surface area contributed by atoms with E-state index in [-0.39, 0.29) is 30.9 Å². The lowest BCUT2D eigenvalue weighted by molar-refractivity contribution is -0.125. The largest absolute Gasteiger partial charge is 0.477 e. The van der Waals surface area contributed by atoms with Crippen molar-refractivity contribution in [1.82, 2.24) is 5.32 Å². The minimum absolute atomic E-state index is 0.0112. The maximum atomic E-state index is 12.8. The SMILES string of the molecule is NC(=O)C1CN(CC(=O)Nc2ccccc2C(=O)NC2CCCC2)c2ccccc2O1. The highest BCUT2D eigenvalue weighted by molar-refractivity contribution is 6.04. The third kappa shape index (κ3) is 4.79. The Morgan fingerprint density at radius 2 is 1.74 bits per heavy atom. The number of ether oxygens (including phenoxy) is 1. The molecular formula is C23H26N4O4. The van der Waals surface area contributed by atoms with E-state index in [2.05, 4.69) is 10.6 Å². The first-order valence-electron chi connectivity index (χ1n) is 10.5. The van der Waals surface area contributed by atoms with Gasteiger partial charge in [0, 0.05) is 6.04 Å². The molecule has 1 aliphatic carbocycles. The van der Waals surface area contributed by atoms with E-state index in [1.807, 2.05) is 12.1 Å². The van der Waals surface area contributed by atoms with E-state index < -0.39 is 12.0 Å². The summed E-state index contributed by atoms with van der Waals surface area (Å²) in [7, 11) is 0. The Hall–Kier alpha value is -3.55. The number of carbonyl (C=O) groups is 3. The fourth-order valence-corrected chi connectivity index (χ4v) is 4.09. The Labute approximate surface area is 180 Å². The highest BCUT2D eigenvalue weighted by atomic mass is 16.5. The van der Waals surface area contributed by atoms with Crippen LogP contribution >= 0.6 is 0 Å². The smallest absolute Gasteiger partial charge is 0.260 e. The molecule has 162 valence electrons. The van der Waals surface area contributed by atoms with Gasteiger partial charge in [0.15, 0.2) is 6.10 Å². The zero-order chi connectivity index (χ0) is 21.8. The summed E-state index contributed by atoms with van der Waals surface area (Å²) in [5, 5.41) is 5.89. The fourth-order valence-electron chi connectivity index (χ4n) is 4.09. The monoisotopic (exact) mass is 422 g/mol. The molecule has 8 nitrogen and oxygen atoms in total. The minimum atomic E-state index is -0.841. The van der Waals surface area contributed by atoms with Crippen LogP contribution in [0.1, 0.15) is 36.0 Å². The van der Waals surface area contributed by atoms with Crippen LogP contribution in [0.25, 0.3) is 0 Å². The summed E-state index contributed by atoms with van der Waals surface area (Å²) in [5.74, 6) is -0.579. The topological polar surface area (TPSA) is 114 Å². The molecule has 0 aromatic heterocycles. The van der Waals surface area contributed by atoms with Gasteiger partial charge in [-0.1, -0.05) is 37.1 Å². The average molecular weight is 422 g/mol. The van der Waals surface area contributed by atoms with E-state index in [1.165, 1.54) is 0 Å². The van der Waals surface area contributed by atoms with Gasteiger partial charge in [-0.05, 0) is 37.1 Å². The van der Waals surface area contributed by atoms with Crippen LogP contribution in [0.15, 0.2) is 48.5 Å². The van der Waals surface area contributed by atoms with Crippen molar-refractivity contribution in [2.24, 2.45) is 5.73 Å². The molecular weight excluding hydrogens is 396 g/mol. The van der Waals surface area contributed by atoms with Gasteiger partial charge in [0.2, 0.25) is 5.91 Å². The van der Waals surface area contributed by atoms with Crippen LogP contribution in [0.4, 0.5) is 11.4 Å². The summed E-state index contributed by atoms with van der Waals surface area (Å²) in [6.45, 7) is 0.159. The van der Waals surface area contributed by atoms with Crippen molar-refractivity contribution in [2.45, 2.75) is 37.8 Å². The first kappa shape index (κ1) is 20.7. The highest BCUT2D eigenvalue weighted by Gasteiger charge is 2.30. The van der Waals surface area contributed by atoms with Crippen molar-refractivity contribution < 1.29 is 19.1 Å². The third-order valence-corrected chi connectivity index (χ3v) is 5.65. The van der Waals surface area contributed by atoms with Gasteiger partial charge in [-0.15, -0.1) is 0 Å². The van der Waals surface area contributed by atoms with E-state index in [0.717, 1.165) is 25.7 Å². The van der Waals surface area contributed by atoms with Crippen molar-refractivity contribution in [3.05, 3.63) is 54.1 Å². The summed E-state index contributed by atoms with van der Waals surface area (Å²) in [4.78, 5) is 39.0. The molecule has 1 saturated carbocycles. The molecule has 2 aromatic carbocycles. The first-order chi connectivity index (χ1) is 15.0. The summed E-state index contributed by atoms with van der Waals surface area (Å²) >= 11 is 0. The van der Waals surface area contributed by atoms with Crippen LogP contribution in [0.3, 0.4) is 0 Å². The Morgan fingerprint density at radius 1 is 1.03 bits per heavy atom. The first-order valence-corrected chi connectivity index (χ1v) is 10.5. The van der Waals surface area contributed by atoms with Gasteiger partial charge < -0.3 is 26.0 Å². The van der Waals surface area contributed by atoms with Crippen molar-refractivity contribution in [1.29, 1.82) is 0 Å². The highest BCUT2D eigenvalue weighted by Crippen LogP contribution is 2.33. The number of rotatable bonds is 6. The van der Waals surface area contributed by atoms with Crippen LogP contribution < -0.4 is 26.0 Å². The molecule has 0 saturated heterocycles. The van der Waals surface area contributed by atoms with E-state index in [1.54, 1.807) is 41.3 Å². The summed E-state index contributed by atoms with van der Waals surface area (Å²) < 4.78 is 5.64. The summed E-state index contributed by atoms with van der Waals surface area (Å²) in [6, 6.07) is 14.3. The summed E-state index contributed by atoms with van der Waals surface area (Å²) in [5.41, 5.74) is 7.02. The van der Waals surface area contributed by atoms with Gasteiger partial charge in [-0.25, -0.2) is 0 Å². The van der Waals surface area contributed by atoms with Gasteiger partial charge in [-0.3, -0.25) is 14.4 Å². The minimum Gasteiger partial charge on any atom is -0.477 e. The molecule has 3 amide bonds. The predicted octanol–water partition coefficient (Wildman–Crippen LogP) is 2.05. The molecule has 4 N–H and O–H groups in total. The van der Waals surface area contributed by atoms with Crippen LogP contribution in [-0.2, 0) is 9.59 Å². The Balaban J connectivity index is 1.47. The summed E-state index contributed by atoms with van der Waals surface area (Å²) in [6.07, 6.45) is 3.37. The zero-order valence-electron chi connectivity index (χ0n) is 17.2. The molecule has 0 bridgehead atoms. The molecule has 1 heterocycles. The Bertz CT molecular complexity index is 987. The number of nitrogens with two attached hydrogens (primary N) is 1. The zero-order valence-corrected chi connectivity index (χ0v) is 17.2. The normalized spacial score (nSPS) is 18.1. The number of anilines is 2. The quantitative estimate of drug-likeness (QED) is 0.659. The second-order valence-corrected chi connectivity index (χ2v) is 7.91. The number of benzene rings is 2. The lowest BCUT2D eigenvalue weighted by atomic mass is 10.1. The number of nitrogens with one attached hydrogen (secondary N) is 2. The molecule has 31 heavy (non-hydrogen) atoms. The molecule has 1 atom stereocenters. The second-order valence-electron chi connectivity index (χ2n) is 7.91. The molecule has 2 aliphatic rings. The molecule has 2 aromatic rings. The molecule has 1 aliphatic heterocycles. The number of hydrogen-bond acceptors (Lipinski definition) is 5. The van der Waals surface area contributed by atoms with Crippen molar-refractivity contribution in [2.75, 3.05) is 23.3 Å². The van der Waals surface area contributed by atoms with Crippen LogP contribution in [0.5, 0.6) is 5.75 Å². The van der Waals surface area contributed by atoms with E-state index in [4.69, 9.17) is 10.5 Å². The third-order valence-electron chi connectivity index (χ3n) is 5.65. The molecule has 0 spiro atoms. The van der Waals surface area contributed by atoms with Crippen molar-refractivity contribution >= 4 is 29.1 Å². The van der Waals surface area contributed by atoms with Gasteiger partial charge in [0.1, 0.15) is 5.75 Å². The molecule has 0 radical (unpaired) electrons. The number of amides is 3. The Morgan fingerprint density at radius 3 is 2.52 bits per heavy atom. The molecule has 4 rings (SSSR count). The standard InChI is InChI=1S/C23H26N4O4/c24-22(29)20-13-27(18-11-5-6-12-19(18)31-20)14-21(28)26-17-10-4-3-9-16(17)23(30)25-15-7-1-2-8-15/h3-6,9-12,15,20H,1-2,7-8,13-14H2,(H2,24,29)(H,25,30)(H,26,28). The lowest BCUT2D eigenvalue weighted by Gasteiger charge is -2.34. The van der Waals surface area contributed by atoms with Gasteiger partial charge in [0.05, 0.1) is 30.0 Å². The average Bonchev–Trinajstić information content (AvgIpc) is 3.27. The molecule has 1 unspecified atom stereocenters. The predicted molar refractivity (Wildman–Crippen MR) is 117 cm³/mol. The van der Waals surface area contributed by atoms with Crippen molar-refractivity contribution in [3.63, 3.8) is 0 Å².